The molecule has 0 aliphatic carbocycles. The number of nitrogen functional groups attached to an aromatic ring is 1. The second kappa shape index (κ2) is 5.51. The number of aromatic carboxylic acids is 1. The Hall–Kier alpha value is -2.71. The van der Waals surface area contributed by atoms with Gasteiger partial charge in [0, 0.05) is 0 Å². The first kappa shape index (κ1) is 13.7. The van der Waals surface area contributed by atoms with Crippen LogP contribution in [0.4, 0.5) is 17.1 Å². The van der Waals surface area contributed by atoms with Gasteiger partial charge in [-0.05, 0) is 30.3 Å². The number of nitriles is 1. The van der Waals surface area contributed by atoms with Crippen LogP contribution >= 0.6 is 11.6 Å². The third-order valence-corrected chi connectivity index (χ3v) is 3.00. The summed E-state index contributed by atoms with van der Waals surface area (Å²) in [6.45, 7) is 0. The Labute approximate surface area is 120 Å². The fraction of sp³-hybridized carbons (Fsp3) is 0. The molecule has 0 unspecified atom stereocenters. The Bertz CT molecular complexity index is 723. The van der Waals surface area contributed by atoms with Gasteiger partial charge >= 0.3 is 5.97 Å². The number of carboxylic acids is 1. The predicted octanol–water partition coefficient (Wildman–Crippen LogP) is 3.24. The summed E-state index contributed by atoms with van der Waals surface area (Å²) in [6, 6.07) is 11.2. The van der Waals surface area contributed by atoms with E-state index >= 15 is 0 Å². The molecule has 4 N–H and O–H groups in total. The van der Waals surface area contributed by atoms with E-state index in [1.165, 1.54) is 12.1 Å². The minimum Gasteiger partial charge on any atom is -0.478 e. The summed E-state index contributed by atoms with van der Waals surface area (Å²) < 4.78 is 0. The van der Waals surface area contributed by atoms with E-state index in [-0.39, 0.29) is 11.3 Å². The molecule has 6 heteroatoms. The molecular formula is C14H10ClN3O2. The first-order valence-corrected chi connectivity index (χ1v) is 5.99. The molecule has 0 spiro atoms. The number of carboxylic acid groups (broad SMARTS) is 1. The van der Waals surface area contributed by atoms with Crippen molar-refractivity contribution in [2.24, 2.45) is 0 Å². The maximum Gasteiger partial charge on any atom is 0.337 e. The molecule has 0 heterocycles. The van der Waals surface area contributed by atoms with Crippen LogP contribution in [0.15, 0.2) is 36.4 Å². The van der Waals surface area contributed by atoms with Crippen molar-refractivity contribution >= 4 is 34.6 Å². The lowest BCUT2D eigenvalue weighted by molar-refractivity contribution is 0.0698. The van der Waals surface area contributed by atoms with Gasteiger partial charge in [0.25, 0.3) is 0 Å². The van der Waals surface area contributed by atoms with Gasteiger partial charge in [-0.3, -0.25) is 0 Å². The molecule has 0 saturated carbocycles. The van der Waals surface area contributed by atoms with Crippen molar-refractivity contribution in [2.75, 3.05) is 11.1 Å². The maximum absolute atomic E-state index is 11.2. The van der Waals surface area contributed by atoms with E-state index in [2.05, 4.69) is 5.32 Å². The zero-order valence-electron chi connectivity index (χ0n) is 10.2. The lowest BCUT2D eigenvalue weighted by Crippen LogP contribution is -2.06. The summed E-state index contributed by atoms with van der Waals surface area (Å²) in [5.74, 6) is -1.09. The highest BCUT2D eigenvalue weighted by atomic mass is 35.5. The van der Waals surface area contributed by atoms with E-state index in [4.69, 9.17) is 27.7 Å². The standard InChI is InChI=1S/C14H10ClN3O2/c15-10-6-8(7-16)4-5-12(10)18-13-9(14(19)20)2-1-3-11(13)17/h1-6,18H,17H2,(H,19,20). The van der Waals surface area contributed by atoms with Gasteiger partial charge in [-0.25, -0.2) is 4.79 Å². The molecule has 0 amide bonds. The van der Waals surface area contributed by atoms with Crippen molar-refractivity contribution in [3.05, 3.63) is 52.5 Å². The van der Waals surface area contributed by atoms with Crippen LogP contribution in [0.1, 0.15) is 15.9 Å². The first-order valence-electron chi connectivity index (χ1n) is 5.61. The van der Waals surface area contributed by atoms with E-state index in [0.29, 0.717) is 22.0 Å². The molecule has 100 valence electrons. The fourth-order valence-corrected chi connectivity index (χ4v) is 1.94. The normalized spacial score (nSPS) is 9.80. The number of hydrogen-bond donors (Lipinski definition) is 3. The van der Waals surface area contributed by atoms with Gasteiger partial charge in [-0.15, -0.1) is 0 Å². The van der Waals surface area contributed by atoms with E-state index in [9.17, 15) is 4.79 Å². The highest BCUT2D eigenvalue weighted by Gasteiger charge is 2.14. The summed E-state index contributed by atoms with van der Waals surface area (Å²) >= 11 is 6.04. The lowest BCUT2D eigenvalue weighted by atomic mass is 10.1. The Morgan fingerprint density at radius 2 is 2.10 bits per heavy atom. The van der Waals surface area contributed by atoms with Crippen LogP contribution in [0, 0.1) is 11.3 Å². The molecule has 0 aromatic heterocycles. The SMILES string of the molecule is N#Cc1ccc(Nc2c(N)cccc2C(=O)O)c(Cl)c1. The van der Waals surface area contributed by atoms with Gasteiger partial charge in [0.05, 0.1) is 39.3 Å². The van der Waals surface area contributed by atoms with E-state index in [1.807, 2.05) is 6.07 Å². The van der Waals surface area contributed by atoms with Crippen molar-refractivity contribution in [1.29, 1.82) is 5.26 Å². The second-order valence-corrected chi connectivity index (χ2v) is 4.41. The van der Waals surface area contributed by atoms with Gasteiger partial charge < -0.3 is 16.2 Å². The zero-order valence-corrected chi connectivity index (χ0v) is 11.0. The van der Waals surface area contributed by atoms with Crippen molar-refractivity contribution in [1.82, 2.24) is 0 Å². The first-order chi connectivity index (χ1) is 9.52. The van der Waals surface area contributed by atoms with Gasteiger partial charge in [0.1, 0.15) is 0 Å². The van der Waals surface area contributed by atoms with Gasteiger partial charge in [0.2, 0.25) is 0 Å². The van der Waals surface area contributed by atoms with Crippen LogP contribution in [0.3, 0.4) is 0 Å². The highest BCUT2D eigenvalue weighted by molar-refractivity contribution is 6.33. The minimum absolute atomic E-state index is 0.0467. The Kier molecular flexibility index (Phi) is 3.78. The van der Waals surface area contributed by atoms with Crippen LogP contribution in [-0.2, 0) is 0 Å². The second-order valence-electron chi connectivity index (χ2n) is 4.01. The number of nitrogens with two attached hydrogens (primary N) is 1. The molecule has 2 aromatic carbocycles. The van der Waals surface area contributed by atoms with E-state index in [1.54, 1.807) is 24.3 Å². The van der Waals surface area contributed by atoms with Gasteiger partial charge in [-0.2, -0.15) is 5.26 Å². The van der Waals surface area contributed by atoms with Crippen LogP contribution < -0.4 is 11.1 Å². The number of para-hydroxylation sites is 1. The smallest absolute Gasteiger partial charge is 0.337 e. The summed E-state index contributed by atoms with van der Waals surface area (Å²) in [5.41, 5.74) is 7.30. The van der Waals surface area contributed by atoms with Crippen molar-refractivity contribution in [3.8, 4) is 6.07 Å². The van der Waals surface area contributed by atoms with E-state index < -0.39 is 5.97 Å². The number of hydrogen-bond acceptors (Lipinski definition) is 4. The molecular weight excluding hydrogens is 278 g/mol. The summed E-state index contributed by atoms with van der Waals surface area (Å²) in [6.07, 6.45) is 0. The molecule has 0 fully saturated rings. The quantitative estimate of drug-likeness (QED) is 0.753. The van der Waals surface area contributed by atoms with Crippen molar-refractivity contribution < 1.29 is 9.90 Å². The molecule has 0 bridgehead atoms. The molecule has 5 nitrogen and oxygen atoms in total. The van der Waals surface area contributed by atoms with E-state index in [0.717, 1.165) is 0 Å². The van der Waals surface area contributed by atoms with Crippen molar-refractivity contribution in [2.45, 2.75) is 0 Å². The lowest BCUT2D eigenvalue weighted by Gasteiger charge is -2.13. The van der Waals surface area contributed by atoms with Crippen LogP contribution in [0.25, 0.3) is 0 Å². The van der Waals surface area contributed by atoms with Crippen LogP contribution in [0.5, 0.6) is 0 Å². The number of benzene rings is 2. The molecule has 2 rings (SSSR count). The minimum atomic E-state index is -1.09. The molecule has 0 aliphatic heterocycles. The van der Waals surface area contributed by atoms with Crippen molar-refractivity contribution in [3.63, 3.8) is 0 Å². The zero-order chi connectivity index (χ0) is 14.7. The third-order valence-electron chi connectivity index (χ3n) is 2.68. The third kappa shape index (κ3) is 2.66. The number of anilines is 3. The highest BCUT2D eigenvalue weighted by Crippen LogP contribution is 2.31. The monoisotopic (exact) mass is 287 g/mol. The number of nitrogens with one attached hydrogen (secondary N) is 1. The van der Waals surface area contributed by atoms with Crippen LogP contribution in [-0.4, -0.2) is 11.1 Å². The fourth-order valence-electron chi connectivity index (χ4n) is 1.71. The molecule has 2 aromatic rings. The van der Waals surface area contributed by atoms with Crippen LogP contribution in [0.2, 0.25) is 5.02 Å². The molecule has 0 saturated heterocycles. The molecule has 20 heavy (non-hydrogen) atoms. The Morgan fingerprint density at radius 1 is 1.35 bits per heavy atom. The summed E-state index contributed by atoms with van der Waals surface area (Å²) in [5, 5.41) is 21.1. The summed E-state index contributed by atoms with van der Waals surface area (Å²) in [4.78, 5) is 11.2. The van der Waals surface area contributed by atoms with Gasteiger partial charge in [-0.1, -0.05) is 17.7 Å². The average molecular weight is 288 g/mol. The summed E-state index contributed by atoms with van der Waals surface area (Å²) in [7, 11) is 0. The maximum atomic E-state index is 11.2. The Balaban J connectivity index is 2.45. The molecule has 0 atom stereocenters. The number of carbonyl (C=O) groups is 1. The number of nitrogens with zero attached hydrogens (tertiary/aromatic N) is 1. The van der Waals surface area contributed by atoms with Gasteiger partial charge in [0.15, 0.2) is 0 Å². The predicted molar refractivity (Wildman–Crippen MR) is 77.3 cm³/mol. The topological polar surface area (TPSA) is 99.1 Å². The number of rotatable bonds is 3. The Morgan fingerprint density at radius 3 is 2.70 bits per heavy atom. The molecule has 0 aliphatic rings. The molecule has 0 radical (unpaired) electrons. The largest absolute Gasteiger partial charge is 0.478 e. The number of halogens is 1. The average Bonchev–Trinajstić information content (AvgIpc) is 2.42.